The van der Waals surface area contributed by atoms with Gasteiger partial charge < -0.3 is 40.1 Å². The molecule has 0 aromatic heterocycles. The van der Waals surface area contributed by atoms with Gasteiger partial charge in [0.05, 0.1) is 45.5 Å². The highest BCUT2D eigenvalue weighted by atomic mass is 16.6. The molecule has 0 heterocycles. The third-order valence-corrected chi connectivity index (χ3v) is 2.85. The maximum absolute atomic E-state index is 11.0. The summed E-state index contributed by atoms with van der Waals surface area (Å²) in [4.78, 5) is 59.8. The van der Waals surface area contributed by atoms with Gasteiger partial charge in [0.2, 0.25) is 0 Å². The molecule has 0 aromatic rings. The third kappa shape index (κ3) is 41.2. The van der Waals surface area contributed by atoms with Crippen molar-refractivity contribution in [1.82, 2.24) is 0 Å². The Labute approximate surface area is 183 Å². The number of aliphatic hydroxyl groups excluding tert-OH is 1. The Morgan fingerprint density at radius 2 is 0.875 bits per heavy atom. The molecule has 0 aromatic carbocycles. The number of rotatable bonds is 16. The van der Waals surface area contributed by atoms with E-state index in [1.807, 2.05) is 0 Å². The number of unbranched alkanes of at least 4 members (excludes halogenated alkanes) is 1. The van der Waals surface area contributed by atoms with Crippen molar-refractivity contribution in [1.29, 1.82) is 0 Å². The van der Waals surface area contributed by atoms with Gasteiger partial charge in [0.1, 0.15) is 6.61 Å². The molecule has 0 saturated carbocycles. The molecular formula is C18H30O14. The van der Waals surface area contributed by atoms with E-state index < -0.39 is 29.8 Å². The zero-order valence-corrected chi connectivity index (χ0v) is 17.4. The second kappa shape index (κ2) is 24.0. The molecule has 0 rings (SSSR count). The van der Waals surface area contributed by atoms with E-state index in [4.69, 9.17) is 40.1 Å². The number of carbonyl (C=O) groups is 6. The van der Waals surface area contributed by atoms with Crippen molar-refractivity contribution in [2.24, 2.45) is 0 Å². The first-order chi connectivity index (χ1) is 14.9. The van der Waals surface area contributed by atoms with Crippen LogP contribution in [0.5, 0.6) is 0 Å². The van der Waals surface area contributed by atoms with Crippen molar-refractivity contribution in [3.8, 4) is 0 Å². The maximum atomic E-state index is 11.0. The fraction of sp³-hybridized carbons (Fsp3) is 0.667. The molecule has 0 saturated heterocycles. The smallest absolute Gasteiger partial charge is 0.305 e. The Hall–Kier alpha value is -3.26. The molecule has 0 atom stereocenters. The molecule has 0 aliphatic heterocycles. The zero-order valence-electron chi connectivity index (χ0n) is 17.4. The second-order valence-electron chi connectivity index (χ2n) is 5.73. The van der Waals surface area contributed by atoms with Crippen LogP contribution in [0.25, 0.3) is 0 Å². The Balaban J connectivity index is -0.000000441. The van der Waals surface area contributed by atoms with E-state index in [0.717, 1.165) is 0 Å². The number of hydrogen-bond donors (Lipinski definition) is 6. The lowest BCUT2D eigenvalue weighted by Crippen LogP contribution is -2.11. The summed E-state index contributed by atoms with van der Waals surface area (Å²) in [5.74, 6) is -5.51. The van der Waals surface area contributed by atoms with E-state index in [2.05, 4.69) is 0 Å². The fourth-order valence-corrected chi connectivity index (χ4v) is 1.43. The summed E-state index contributed by atoms with van der Waals surface area (Å²) < 4.78 is 9.69. The maximum Gasteiger partial charge on any atom is 0.305 e. The highest BCUT2D eigenvalue weighted by Crippen LogP contribution is 2.01. The molecule has 0 unspecified atom stereocenters. The van der Waals surface area contributed by atoms with Gasteiger partial charge in [-0.3, -0.25) is 28.8 Å². The molecule has 0 bridgehead atoms. The lowest BCUT2D eigenvalue weighted by atomic mass is 10.2. The molecule has 0 spiro atoms. The van der Waals surface area contributed by atoms with Crippen molar-refractivity contribution in [3.05, 3.63) is 0 Å². The molecule has 0 fully saturated rings. The van der Waals surface area contributed by atoms with E-state index >= 15 is 0 Å². The molecular weight excluding hydrogens is 440 g/mol. The average molecular weight is 470 g/mol. The predicted octanol–water partition coefficient (Wildman–Crippen LogP) is 0.0551. The summed E-state index contributed by atoms with van der Waals surface area (Å²) in [5, 5.41) is 48.3. The molecule has 0 amide bonds. The van der Waals surface area contributed by atoms with Crippen molar-refractivity contribution in [3.63, 3.8) is 0 Å². The predicted molar refractivity (Wildman–Crippen MR) is 104 cm³/mol. The largest absolute Gasteiger partial charge is 0.481 e. The first kappa shape index (κ1) is 33.4. The Bertz CT molecular complexity index is 516. The minimum atomic E-state index is -1.08. The Morgan fingerprint density at radius 3 is 1.22 bits per heavy atom. The summed E-state index contributed by atoms with van der Waals surface area (Å²) in [6, 6.07) is 0. The van der Waals surface area contributed by atoms with E-state index in [9.17, 15) is 28.8 Å². The second-order valence-corrected chi connectivity index (χ2v) is 5.73. The summed E-state index contributed by atoms with van der Waals surface area (Å²) >= 11 is 0. The summed E-state index contributed by atoms with van der Waals surface area (Å²) in [6.07, 6.45) is 0.115. The van der Waals surface area contributed by atoms with Gasteiger partial charge in [-0.15, -0.1) is 0 Å². The number of hydrogen-bond acceptors (Lipinski definition) is 9. The van der Waals surface area contributed by atoms with Gasteiger partial charge in [0.15, 0.2) is 0 Å². The first-order valence-electron chi connectivity index (χ1n) is 9.35. The lowest BCUT2D eigenvalue weighted by molar-refractivity contribution is -0.146. The average Bonchev–Trinajstić information content (AvgIpc) is 2.69. The van der Waals surface area contributed by atoms with Crippen molar-refractivity contribution in [2.45, 2.75) is 51.4 Å². The van der Waals surface area contributed by atoms with Crippen molar-refractivity contribution < 1.29 is 68.9 Å². The number of ether oxygens (including phenoxy) is 2. The highest BCUT2D eigenvalue weighted by molar-refractivity contribution is 5.75. The topological polar surface area (TPSA) is 242 Å². The van der Waals surface area contributed by atoms with Crippen molar-refractivity contribution >= 4 is 35.8 Å². The van der Waals surface area contributed by atoms with Crippen LogP contribution >= 0.6 is 0 Å². The fourth-order valence-electron chi connectivity index (χ4n) is 1.43. The number of carboxylic acid groups (broad SMARTS) is 5. The van der Waals surface area contributed by atoms with E-state index in [1.54, 1.807) is 0 Å². The highest BCUT2D eigenvalue weighted by Gasteiger charge is 2.04. The van der Waals surface area contributed by atoms with Crippen LogP contribution in [0.4, 0.5) is 0 Å². The number of aliphatic hydroxyl groups is 1. The summed E-state index contributed by atoms with van der Waals surface area (Å²) in [7, 11) is 0. The van der Waals surface area contributed by atoms with Crippen LogP contribution in [0, 0.1) is 0 Å². The summed E-state index contributed by atoms with van der Waals surface area (Å²) in [6.45, 7) is 0.610. The zero-order chi connectivity index (χ0) is 25.4. The minimum Gasteiger partial charge on any atom is -0.481 e. The molecule has 0 aliphatic rings. The van der Waals surface area contributed by atoms with Crippen LogP contribution in [0.3, 0.4) is 0 Å². The van der Waals surface area contributed by atoms with Crippen LogP contribution in [-0.4, -0.2) is 92.9 Å². The van der Waals surface area contributed by atoms with E-state index in [1.165, 1.54) is 0 Å². The van der Waals surface area contributed by atoms with Crippen LogP contribution in [0.1, 0.15) is 51.4 Å². The lowest BCUT2D eigenvalue weighted by Gasteiger charge is -2.04. The third-order valence-electron chi connectivity index (χ3n) is 2.85. The minimum absolute atomic E-state index is 0.0524. The summed E-state index contributed by atoms with van der Waals surface area (Å²) in [5.41, 5.74) is 0. The van der Waals surface area contributed by atoms with Gasteiger partial charge >= 0.3 is 35.8 Å². The van der Waals surface area contributed by atoms with Crippen LogP contribution in [0.2, 0.25) is 0 Å². The molecule has 0 aliphatic carbocycles. The molecule has 14 nitrogen and oxygen atoms in total. The Kier molecular flexibility index (Phi) is 25.0. The van der Waals surface area contributed by atoms with Crippen LogP contribution in [-0.2, 0) is 38.2 Å². The van der Waals surface area contributed by atoms with Gasteiger partial charge in [-0.05, 0) is 12.8 Å². The van der Waals surface area contributed by atoms with Gasteiger partial charge in [-0.2, -0.15) is 0 Å². The number of aliphatic carboxylic acids is 5. The van der Waals surface area contributed by atoms with E-state index in [0.29, 0.717) is 12.8 Å². The quantitative estimate of drug-likeness (QED) is 0.129. The van der Waals surface area contributed by atoms with Crippen molar-refractivity contribution in [2.75, 3.05) is 26.4 Å². The monoisotopic (exact) mass is 470 g/mol. The van der Waals surface area contributed by atoms with Gasteiger partial charge in [0.25, 0.3) is 0 Å². The van der Waals surface area contributed by atoms with Gasteiger partial charge in [0, 0.05) is 12.8 Å². The van der Waals surface area contributed by atoms with E-state index in [-0.39, 0.29) is 70.9 Å². The van der Waals surface area contributed by atoms with Crippen LogP contribution < -0.4 is 0 Å². The number of carbonyl (C=O) groups excluding carboxylic acids is 1. The standard InChI is InChI=1S/C10H18O6.2C4H6O4/c11-5-6-15-7-8-16-10(14)4-2-1-3-9(12)13;2*5-3(6)1-2-4(7)8/h11H,1-8H2,(H,12,13);2*1-2H2,(H,5,6)(H,7,8). The van der Waals surface area contributed by atoms with Gasteiger partial charge in [-0.1, -0.05) is 0 Å². The Morgan fingerprint density at radius 1 is 0.500 bits per heavy atom. The molecule has 14 heteroatoms. The number of esters is 1. The molecule has 0 radical (unpaired) electrons. The molecule has 32 heavy (non-hydrogen) atoms. The normalized spacial score (nSPS) is 9.28. The first-order valence-corrected chi connectivity index (χ1v) is 9.35. The number of carboxylic acids is 5. The molecule has 186 valence electrons. The van der Waals surface area contributed by atoms with Crippen LogP contribution in [0.15, 0.2) is 0 Å². The molecule has 6 N–H and O–H groups in total. The SMILES string of the molecule is O=C(O)CCC(=O)O.O=C(O)CCC(=O)O.O=C(O)CCCCC(=O)OCCOCCO. The van der Waals surface area contributed by atoms with Gasteiger partial charge in [-0.25, -0.2) is 0 Å².